The second kappa shape index (κ2) is 13.5. The molecule has 4 rings (SSSR count). The van der Waals surface area contributed by atoms with Gasteiger partial charge in [0.1, 0.15) is 18.1 Å². The average molecular weight is 554 g/mol. The molecule has 1 atom stereocenters. The number of hydrogen-bond acceptors (Lipinski definition) is 8. The predicted octanol–water partition coefficient (Wildman–Crippen LogP) is 3.85. The SMILES string of the molecule is CS(=O)(=O)NC(=O)c1ccc(-c2ccc(OCCNCC(O)c3cccnc3)cc2)cc1OC1CCCCC1. The molecule has 0 radical (unpaired) electrons. The highest BCUT2D eigenvalue weighted by molar-refractivity contribution is 7.89. The summed E-state index contributed by atoms with van der Waals surface area (Å²) >= 11 is 0. The van der Waals surface area contributed by atoms with Gasteiger partial charge in [0.25, 0.3) is 5.91 Å². The van der Waals surface area contributed by atoms with E-state index >= 15 is 0 Å². The van der Waals surface area contributed by atoms with Gasteiger partial charge in [-0.2, -0.15) is 0 Å². The summed E-state index contributed by atoms with van der Waals surface area (Å²) in [4.78, 5) is 16.7. The van der Waals surface area contributed by atoms with Gasteiger partial charge in [0.05, 0.1) is 24.0 Å². The molecular weight excluding hydrogens is 518 g/mol. The van der Waals surface area contributed by atoms with E-state index in [2.05, 4.69) is 10.3 Å². The van der Waals surface area contributed by atoms with E-state index in [1.165, 1.54) is 6.42 Å². The Morgan fingerprint density at radius 1 is 1.08 bits per heavy atom. The first-order valence-corrected chi connectivity index (χ1v) is 15.0. The molecule has 1 aromatic heterocycles. The van der Waals surface area contributed by atoms with E-state index in [1.54, 1.807) is 36.7 Å². The van der Waals surface area contributed by atoms with Crippen LogP contribution in [0.5, 0.6) is 11.5 Å². The zero-order valence-corrected chi connectivity index (χ0v) is 22.8. The number of carbonyl (C=O) groups excluding carboxylic acids is 1. The van der Waals surface area contributed by atoms with Crippen molar-refractivity contribution >= 4 is 15.9 Å². The smallest absolute Gasteiger partial charge is 0.268 e. The Morgan fingerprint density at radius 2 is 1.82 bits per heavy atom. The lowest BCUT2D eigenvalue weighted by Crippen LogP contribution is -2.30. The lowest BCUT2D eigenvalue weighted by molar-refractivity contribution is 0.0969. The topological polar surface area (TPSA) is 127 Å². The molecule has 9 nitrogen and oxygen atoms in total. The van der Waals surface area contributed by atoms with E-state index in [0.29, 0.717) is 31.2 Å². The summed E-state index contributed by atoms with van der Waals surface area (Å²) in [5, 5.41) is 13.4. The van der Waals surface area contributed by atoms with Gasteiger partial charge in [0.15, 0.2) is 0 Å². The molecule has 3 N–H and O–H groups in total. The van der Waals surface area contributed by atoms with Crippen molar-refractivity contribution in [2.45, 2.75) is 44.3 Å². The maximum atomic E-state index is 12.7. The van der Waals surface area contributed by atoms with Gasteiger partial charge in [-0.3, -0.25) is 9.78 Å². The summed E-state index contributed by atoms with van der Waals surface area (Å²) in [6, 6.07) is 16.4. The first kappa shape index (κ1) is 28.5. The van der Waals surface area contributed by atoms with Crippen molar-refractivity contribution in [3.8, 4) is 22.6 Å². The van der Waals surface area contributed by atoms with Crippen LogP contribution in [-0.2, 0) is 10.0 Å². The Kier molecular flexibility index (Phi) is 9.91. The molecule has 2 aromatic carbocycles. The van der Waals surface area contributed by atoms with Crippen molar-refractivity contribution in [3.05, 3.63) is 78.1 Å². The Bertz CT molecular complexity index is 1330. The van der Waals surface area contributed by atoms with Crippen LogP contribution >= 0.6 is 0 Å². The van der Waals surface area contributed by atoms with E-state index < -0.39 is 22.0 Å². The standard InChI is InChI=1S/C29H35N3O6S/c1-39(35,36)32-29(34)26-14-11-22(18-28(26)38-25-7-3-2-4-8-25)21-9-12-24(13-10-21)37-17-16-31-20-27(33)23-6-5-15-30-19-23/h5-6,9-15,18-19,25,27,31,33H,2-4,7-8,16-17,20H2,1H3,(H,32,34). The normalized spacial score (nSPS) is 14.9. The average Bonchev–Trinajstić information content (AvgIpc) is 2.93. The molecule has 0 saturated heterocycles. The molecule has 1 aliphatic rings. The first-order valence-electron chi connectivity index (χ1n) is 13.1. The molecule has 0 aliphatic heterocycles. The molecule has 3 aromatic rings. The predicted molar refractivity (Wildman–Crippen MR) is 149 cm³/mol. The van der Waals surface area contributed by atoms with Gasteiger partial charge in [0, 0.05) is 31.0 Å². The Balaban J connectivity index is 1.37. The minimum absolute atomic E-state index is 0.00589. The van der Waals surface area contributed by atoms with E-state index in [-0.39, 0.29) is 11.7 Å². The van der Waals surface area contributed by atoms with Gasteiger partial charge in [-0.15, -0.1) is 0 Å². The highest BCUT2D eigenvalue weighted by Gasteiger charge is 2.21. The Hall–Kier alpha value is -3.47. The lowest BCUT2D eigenvalue weighted by atomic mass is 9.97. The summed E-state index contributed by atoms with van der Waals surface area (Å²) in [5.74, 6) is 0.372. The third-order valence-electron chi connectivity index (χ3n) is 6.49. The highest BCUT2D eigenvalue weighted by Crippen LogP contribution is 2.32. The van der Waals surface area contributed by atoms with E-state index in [0.717, 1.165) is 48.6 Å². The molecule has 1 heterocycles. The van der Waals surface area contributed by atoms with E-state index in [9.17, 15) is 18.3 Å². The van der Waals surface area contributed by atoms with Crippen LogP contribution in [0.3, 0.4) is 0 Å². The van der Waals surface area contributed by atoms with Gasteiger partial charge in [-0.05, 0) is 67.1 Å². The fraction of sp³-hybridized carbons (Fsp3) is 0.379. The number of hydrogen-bond donors (Lipinski definition) is 3. The second-order valence-electron chi connectivity index (χ2n) is 9.67. The lowest BCUT2D eigenvalue weighted by Gasteiger charge is -2.24. The Morgan fingerprint density at radius 3 is 2.51 bits per heavy atom. The minimum atomic E-state index is -3.71. The molecular formula is C29H35N3O6S. The third-order valence-corrected chi connectivity index (χ3v) is 7.05. The fourth-order valence-corrected chi connectivity index (χ4v) is 4.93. The van der Waals surface area contributed by atoms with Gasteiger partial charge in [-0.1, -0.05) is 30.7 Å². The van der Waals surface area contributed by atoms with Gasteiger partial charge in [0.2, 0.25) is 10.0 Å². The number of rotatable bonds is 12. The van der Waals surface area contributed by atoms with Crippen LogP contribution in [0.4, 0.5) is 0 Å². The summed E-state index contributed by atoms with van der Waals surface area (Å²) in [6.07, 6.45) is 8.74. The third kappa shape index (κ3) is 8.77. The largest absolute Gasteiger partial charge is 0.492 e. The molecule has 10 heteroatoms. The van der Waals surface area contributed by atoms with Crippen LogP contribution in [0.1, 0.15) is 54.1 Å². The molecule has 0 bridgehead atoms. The summed E-state index contributed by atoms with van der Waals surface area (Å²) in [7, 11) is -3.71. The zero-order valence-electron chi connectivity index (χ0n) is 22.0. The molecule has 0 spiro atoms. The summed E-state index contributed by atoms with van der Waals surface area (Å²) in [6.45, 7) is 1.40. The van der Waals surface area contributed by atoms with Crippen molar-refractivity contribution in [2.75, 3.05) is 26.0 Å². The van der Waals surface area contributed by atoms with Crippen molar-refractivity contribution < 1.29 is 27.8 Å². The molecule has 1 amide bonds. The maximum Gasteiger partial charge on any atom is 0.268 e. The summed E-state index contributed by atoms with van der Waals surface area (Å²) in [5.41, 5.74) is 2.70. The zero-order chi connectivity index (χ0) is 27.7. The van der Waals surface area contributed by atoms with Crippen LogP contribution in [0.15, 0.2) is 67.0 Å². The van der Waals surface area contributed by atoms with E-state index in [1.807, 2.05) is 35.1 Å². The van der Waals surface area contributed by atoms with Crippen molar-refractivity contribution in [3.63, 3.8) is 0 Å². The number of aromatic nitrogens is 1. The number of nitrogens with zero attached hydrogens (tertiary/aromatic N) is 1. The van der Waals surface area contributed by atoms with Crippen molar-refractivity contribution in [1.82, 2.24) is 15.0 Å². The number of pyridine rings is 1. The van der Waals surface area contributed by atoms with Crippen LogP contribution < -0.4 is 19.5 Å². The number of aliphatic hydroxyl groups excluding tert-OH is 1. The molecule has 1 aliphatic carbocycles. The number of carbonyl (C=O) groups is 1. The summed E-state index contributed by atoms with van der Waals surface area (Å²) < 4.78 is 37.3. The number of sulfonamides is 1. The molecule has 208 valence electrons. The van der Waals surface area contributed by atoms with Crippen LogP contribution in [0, 0.1) is 0 Å². The monoisotopic (exact) mass is 553 g/mol. The van der Waals surface area contributed by atoms with Gasteiger partial charge in [-0.25, -0.2) is 13.1 Å². The fourth-order valence-electron chi connectivity index (χ4n) is 4.49. The van der Waals surface area contributed by atoms with Crippen molar-refractivity contribution in [2.24, 2.45) is 0 Å². The molecule has 1 saturated carbocycles. The van der Waals surface area contributed by atoms with Crippen LogP contribution in [0.25, 0.3) is 11.1 Å². The van der Waals surface area contributed by atoms with Crippen molar-refractivity contribution in [1.29, 1.82) is 0 Å². The van der Waals surface area contributed by atoms with Crippen LogP contribution in [-0.4, -0.2) is 56.5 Å². The van der Waals surface area contributed by atoms with Gasteiger partial charge >= 0.3 is 0 Å². The first-order chi connectivity index (χ1) is 18.8. The quantitative estimate of drug-likeness (QED) is 0.289. The molecule has 1 fully saturated rings. The number of aliphatic hydroxyl groups is 1. The van der Waals surface area contributed by atoms with E-state index in [4.69, 9.17) is 9.47 Å². The second-order valence-corrected chi connectivity index (χ2v) is 11.4. The number of nitrogens with one attached hydrogen (secondary N) is 2. The number of ether oxygens (including phenoxy) is 2. The number of amides is 1. The van der Waals surface area contributed by atoms with Crippen LogP contribution in [0.2, 0.25) is 0 Å². The molecule has 39 heavy (non-hydrogen) atoms. The Labute approximate surface area is 229 Å². The maximum absolute atomic E-state index is 12.7. The minimum Gasteiger partial charge on any atom is -0.492 e. The van der Waals surface area contributed by atoms with Gasteiger partial charge < -0.3 is 19.9 Å². The highest BCUT2D eigenvalue weighted by atomic mass is 32.2. The number of benzene rings is 2. The molecule has 1 unspecified atom stereocenters.